The van der Waals surface area contributed by atoms with Crippen LogP contribution in [0.1, 0.15) is 53.9 Å². The standard InChI is InChI=1S/C29H32ClNO7S/c1-29(2,3)38-28(35)31(18-26(32)23-5-4-6-24(30)17-23)16-15-20-9-13-25(14-10-20)39(36,37)19-21-7-11-22(12-8-21)27(33)34/h4-14,17,26,32H,15-16,18-19H2,1-3H3,(H,33,34)/t26-/m0/s1. The number of amides is 1. The van der Waals surface area contributed by atoms with Crippen molar-refractivity contribution < 1.29 is 33.0 Å². The Morgan fingerprint density at radius 2 is 1.59 bits per heavy atom. The van der Waals surface area contributed by atoms with Crippen LogP contribution in [0.2, 0.25) is 5.02 Å². The van der Waals surface area contributed by atoms with Crippen molar-refractivity contribution in [3.8, 4) is 0 Å². The van der Waals surface area contributed by atoms with E-state index in [-0.39, 0.29) is 29.3 Å². The van der Waals surface area contributed by atoms with Crippen LogP contribution in [0.5, 0.6) is 0 Å². The van der Waals surface area contributed by atoms with E-state index in [0.29, 0.717) is 22.6 Å². The van der Waals surface area contributed by atoms with E-state index < -0.39 is 33.6 Å². The number of halogens is 1. The van der Waals surface area contributed by atoms with Crippen LogP contribution in [0, 0.1) is 0 Å². The van der Waals surface area contributed by atoms with Crippen molar-refractivity contribution in [2.24, 2.45) is 0 Å². The number of aliphatic hydroxyl groups excluding tert-OH is 1. The Balaban J connectivity index is 1.69. The van der Waals surface area contributed by atoms with E-state index in [4.69, 9.17) is 21.4 Å². The summed E-state index contributed by atoms with van der Waals surface area (Å²) in [5.74, 6) is -1.34. The number of nitrogens with zero attached hydrogens (tertiary/aromatic N) is 1. The minimum Gasteiger partial charge on any atom is -0.478 e. The lowest BCUT2D eigenvalue weighted by Crippen LogP contribution is -2.40. The van der Waals surface area contributed by atoms with Gasteiger partial charge in [-0.25, -0.2) is 18.0 Å². The Bertz CT molecular complexity index is 1400. The number of carbonyl (C=O) groups excluding carboxylic acids is 1. The minimum absolute atomic E-state index is 0.0115. The maximum Gasteiger partial charge on any atom is 0.410 e. The van der Waals surface area contributed by atoms with Gasteiger partial charge >= 0.3 is 12.1 Å². The van der Waals surface area contributed by atoms with Crippen LogP contribution in [0.15, 0.2) is 77.7 Å². The molecule has 3 aromatic rings. The molecule has 0 aliphatic carbocycles. The molecule has 0 aliphatic heterocycles. The predicted molar refractivity (Wildman–Crippen MR) is 149 cm³/mol. The Hall–Kier alpha value is -3.40. The van der Waals surface area contributed by atoms with Crippen LogP contribution in [0.3, 0.4) is 0 Å². The molecular weight excluding hydrogens is 542 g/mol. The third kappa shape index (κ3) is 9.09. The van der Waals surface area contributed by atoms with E-state index in [0.717, 1.165) is 5.56 Å². The number of ether oxygens (including phenoxy) is 1. The zero-order valence-corrected chi connectivity index (χ0v) is 23.6. The average molecular weight is 574 g/mol. The zero-order chi connectivity index (χ0) is 28.8. The van der Waals surface area contributed by atoms with E-state index in [1.807, 2.05) is 0 Å². The highest BCUT2D eigenvalue weighted by molar-refractivity contribution is 7.90. The molecule has 208 valence electrons. The number of hydrogen-bond donors (Lipinski definition) is 2. The summed E-state index contributed by atoms with van der Waals surface area (Å²) in [7, 11) is -3.65. The molecule has 3 rings (SSSR count). The molecule has 0 bridgehead atoms. The summed E-state index contributed by atoms with van der Waals surface area (Å²) in [5, 5.41) is 20.2. The van der Waals surface area contributed by atoms with E-state index in [1.165, 1.54) is 41.3 Å². The van der Waals surface area contributed by atoms with E-state index in [9.17, 15) is 23.1 Å². The molecule has 39 heavy (non-hydrogen) atoms. The van der Waals surface area contributed by atoms with Gasteiger partial charge in [0.05, 0.1) is 28.9 Å². The molecule has 0 radical (unpaired) electrons. The van der Waals surface area contributed by atoms with Crippen molar-refractivity contribution >= 4 is 33.5 Å². The molecule has 0 heterocycles. The summed E-state index contributed by atoms with van der Waals surface area (Å²) in [6, 6.07) is 18.9. The summed E-state index contributed by atoms with van der Waals surface area (Å²) >= 11 is 6.04. The van der Waals surface area contributed by atoms with Gasteiger partial charge in [-0.2, -0.15) is 0 Å². The van der Waals surface area contributed by atoms with Crippen LogP contribution in [0.4, 0.5) is 4.79 Å². The fourth-order valence-electron chi connectivity index (χ4n) is 3.79. The van der Waals surface area contributed by atoms with E-state index in [1.54, 1.807) is 57.2 Å². The molecular formula is C29H32ClNO7S. The molecule has 1 atom stereocenters. The number of rotatable bonds is 10. The third-order valence-corrected chi connectivity index (χ3v) is 7.73. The van der Waals surface area contributed by atoms with Crippen molar-refractivity contribution in [1.29, 1.82) is 0 Å². The number of carbonyl (C=O) groups is 2. The van der Waals surface area contributed by atoms with Gasteiger partial charge in [0.25, 0.3) is 0 Å². The zero-order valence-electron chi connectivity index (χ0n) is 22.0. The second kappa shape index (κ2) is 12.6. The number of benzene rings is 3. The van der Waals surface area contributed by atoms with E-state index >= 15 is 0 Å². The average Bonchev–Trinajstić information content (AvgIpc) is 2.85. The van der Waals surface area contributed by atoms with Crippen molar-refractivity contribution in [3.05, 3.63) is 100 Å². The fraction of sp³-hybridized carbons (Fsp3) is 0.310. The monoisotopic (exact) mass is 573 g/mol. The van der Waals surface area contributed by atoms with Crippen molar-refractivity contribution in [2.75, 3.05) is 13.1 Å². The number of carboxylic acid groups (broad SMARTS) is 1. The van der Waals surface area contributed by atoms with Gasteiger partial charge in [0.1, 0.15) is 5.60 Å². The maximum atomic E-state index is 12.9. The normalized spacial score (nSPS) is 12.5. The summed E-state index contributed by atoms with van der Waals surface area (Å²) in [6.07, 6.45) is -1.15. The summed E-state index contributed by atoms with van der Waals surface area (Å²) in [6.45, 7) is 5.50. The Morgan fingerprint density at radius 3 is 2.15 bits per heavy atom. The number of aromatic carboxylic acids is 1. The number of carboxylic acids is 1. The molecule has 0 saturated heterocycles. The van der Waals surface area contributed by atoms with Crippen molar-refractivity contribution in [2.45, 2.75) is 49.5 Å². The number of aliphatic hydroxyl groups is 1. The topological polar surface area (TPSA) is 121 Å². The lowest BCUT2D eigenvalue weighted by molar-refractivity contribution is 0.0147. The quantitative estimate of drug-likeness (QED) is 0.327. The van der Waals surface area contributed by atoms with Gasteiger partial charge in [-0.15, -0.1) is 0 Å². The van der Waals surface area contributed by atoms with Gasteiger partial charge in [0.15, 0.2) is 9.84 Å². The lowest BCUT2D eigenvalue weighted by Gasteiger charge is -2.29. The van der Waals surface area contributed by atoms with Crippen LogP contribution in [-0.4, -0.2) is 54.3 Å². The highest BCUT2D eigenvalue weighted by Gasteiger charge is 2.25. The number of hydrogen-bond acceptors (Lipinski definition) is 6. The highest BCUT2D eigenvalue weighted by Crippen LogP contribution is 2.22. The largest absolute Gasteiger partial charge is 0.478 e. The summed E-state index contributed by atoms with van der Waals surface area (Å²) in [5.41, 5.74) is 1.21. The molecule has 10 heteroatoms. The van der Waals surface area contributed by atoms with Crippen LogP contribution in [0.25, 0.3) is 0 Å². The van der Waals surface area contributed by atoms with E-state index in [2.05, 4.69) is 0 Å². The molecule has 0 fully saturated rings. The highest BCUT2D eigenvalue weighted by atomic mass is 35.5. The minimum atomic E-state index is -3.65. The Kier molecular flexibility index (Phi) is 9.77. The third-order valence-electron chi connectivity index (χ3n) is 5.79. The smallest absolute Gasteiger partial charge is 0.410 e. The Morgan fingerprint density at radius 1 is 0.974 bits per heavy atom. The summed E-state index contributed by atoms with van der Waals surface area (Å²) in [4.78, 5) is 25.4. The SMILES string of the molecule is CC(C)(C)OC(=O)N(CCc1ccc(S(=O)(=O)Cc2ccc(C(=O)O)cc2)cc1)C[C@H](O)c1cccc(Cl)c1. The number of sulfone groups is 1. The van der Waals surface area contributed by atoms with Gasteiger partial charge in [0.2, 0.25) is 0 Å². The molecule has 1 amide bonds. The van der Waals surface area contributed by atoms with Gasteiger partial charge in [-0.1, -0.05) is 48.0 Å². The Labute approximate surface area is 233 Å². The van der Waals surface area contributed by atoms with Gasteiger partial charge in [-0.05, 0) is 80.3 Å². The van der Waals surface area contributed by atoms with Crippen LogP contribution < -0.4 is 0 Å². The molecule has 0 unspecified atom stereocenters. The molecule has 3 aromatic carbocycles. The first-order valence-electron chi connectivity index (χ1n) is 12.3. The molecule has 2 N–H and O–H groups in total. The fourth-order valence-corrected chi connectivity index (χ4v) is 5.33. The first-order chi connectivity index (χ1) is 18.2. The molecule has 0 aromatic heterocycles. The van der Waals surface area contributed by atoms with Gasteiger partial charge in [-0.3, -0.25) is 0 Å². The van der Waals surface area contributed by atoms with Gasteiger partial charge < -0.3 is 19.8 Å². The molecule has 0 saturated carbocycles. The molecule has 8 nitrogen and oxygen atoms in total. The van der Waals surface area contributed by atoms with Crippen LogP contribution >= 0.6 is 11.6 Å². The van der Waals surface area contributed by atoms with Crippen LogP contribution in [-0.2, 0) is 26.7 Å². The lowest BCUT2D eigenvalue weighted by atomic mass is 10.1. The maximum absolute atomic E-state index is 12.9. The first kappa shape index (κ1) is 30.1. The second-order valence-electron chi connectivity index (χ2n) is 10.2. The molecule has 0 aliphatic rings. The van der Waals surface area contributed by atoms with Gasteiger partial charge in [0, 0.05) is 11.6 Å². The van der Waals surface area contributed by atoms with Crippen molar-refractivity contribution in [3.63, 3.8) is 0 Å². The summed E-state index contributed by atoms with van der Waals surface area (Å²) < 4.78 is 31.3. The predicted octanol–water partition coefficient (Wildman–Crippen LogP) is 5.53. The second-order valence-corrected chi connectivity index (χ2v) is 12.6. The first-order valence-corrected chi connectivity index (χ1v) is 14.3. The van der Waals surface area contributed by atoms with Crippen molar-refractivity contribution in [1.82, 2.24) is 4.90 Å². The molecule has 0 spiro atoms.